The summed E-state index contributed by atoms with van der Waals surface area (Å²) in [6, 6.07) is 1.44. The van der Waals surface area contributed by atoms with Gasteiger partial charge in [0.1, 0.15) is 4.90 Å². The van der Waals surface area contributed by atoms with Crippen molar-refractivity contribution in [2.75, 3.05) is 0 Å². The first-order chi connectivity index (χ1) is 8.54. The molecule has 1 fully saturated rings. The molecule has 0 unspecified atom stereocenters. The Labute approximate surface area is 126 Å². The van der Waals surface area contributed by atoms with Crippen molar-refractivity contribution in [1.82, 2.24) is 4.72 Å². The Hall–Kier alpha value is 0.0500. The van der Waals surface area contributed by atoms with Crippen LogP contribution in [-0.4, -0.2) is 19.6 Å². The van der Waals surface area contributed by atoms with Gasteiger partial charge < -0.3 is 5.11 Å². The summed E-state index contributed by atoms with van der Waals surface area (Å²) in [5.41, 5.74) is -0.106. The summed E-state index contributed by atoms with van der Waals surface area (Å²) in [4.78, 5) is 0.835. The molecule has 1 aromatic rings. The first-order valence-electron chi connectivity index (χ1n) is 5.95. The largest absolute Gasteiger partial charge is 0.391 e. The van der Waals surface area contributed by atoms with Crippen molar-refractivity contribution in [1.29, 1.82) is 0 Å². The average Bonchev–Trinajstić information content (AvgIpc) is 2.66. The molecule has 19 heavy (non-hydrogen) atoms. The van der Waals surface area contributed by atoms with Gasteiger partial charge in [-0.25, -0.2) is 13.1 Å². The Balaban J connectivity index is 2.27. The molecule has 0 atom stereocenters. The minimum atomic E-state index is -3.56. The molecular formula is C12H18BrNO3S2. The van der Waals surface area contributed by atoms with Gasteiger partial charge >= 0.3 is 0 Å². The SMILES string of the molecule is CC1(C)C(NS(=O)(=O)c2cc(CO)sc2Br)C1(C)C. The Bertz CT molecular complexity index is 590. The van der Waals surface area contributed by atoms with Crippen LogP contribution in [0.1, 0.15) is 32.6 Å². The van der Waals surface area contributed by atoms with Crippen LogP contribution >= 0.6 is 27.3 Å². The fourth-order valence-electron chi connectivity index (χ4n) is 2.37. The second-order valence-electron chi connectivity index (χ2n) is 6.01. The van der Waals surface area contributed by atoms with Crippen LogP contribution in [0.5, 0.6) is 0 Å². The van der Waals surface area contributed by atoms with Crippen molar-refractivity contribution in [3.63, 3.8) is 0 Å². The topological polar surface area (TPSA) is 66.4 Å². The molecule has 0 amide bonds. The van der Waals surface area contributed by atoms with Crippen LogP contribution in [0.3, 0.4) is 0 Å². The van der Waals surface area contributed by atoms with Crippen LogP contribution in [0.15, 0.2) is 14.7 Å². The van der Waals surface area contributed by atoms with E-state index in [2.05, 4.69) is 48.3 Å². The van der Waals surface area contributed by atoms with Crippen LogP contribution in [-0.2, 0) is 16.6 Å². The molecule has 0 bridgehead atoms. The molecule has 0 aromatic carbocycles. The lowest BCUT2D eigenvalue weighted by Crippen LogP contribution is -2.29. The van der Waals surface area contributed by atoms with Gasteiger partial charge in [-0.05, 0) is 32.8 Å². The maximum atomic E-state index is 12.4. The third-order valence-corrected chi connectivity index (χ3v) is 8.11. The van der Waals surface area contributed by atoms with Crippen molar-refractivity contribution >= 4 is 37.3 Å². The summed E-state index contributed by atoms with van der Waals surface area (Å²) >= 11 is 4.49. The van der Waals surface area contributed by atoms with Gasteiger partial charge in [0.05, 0.1) is 10.4 Å². The Kier molecular flexibility index (Phi) is 3.68. The smallest absolute Gasteiger partial charge is 0.242 e. The standard InChI is InChI=1S/C12H18BrNO3S2/c1-11(2)10(12(11,3)4)14-19(16,17)8-5-7(6-15)18-9(8)13/h5,10,14-15H,6H2,1-4H3. The van der Waals surface area contributed by atoms with Crippen LogP contribution in [0.4, 0.5) is 0 Å². The van der Waals surface area contributed by atoms with Gasteiger partial charge in [-0.2, -0.15) is 0 Å². The third-order valence-electron chi connectivity index (χ3n) is 4.45. The van der Waals surface area contributed by atoms with Gasteiger partial charge in [0.25, 0.3) is 0 Å². The highest BCUT2D eigenvalue weighted by Crippen LogP contribution is 2.63. The van der Waals surface area contributed by atoms with Crippen LogP contribution < -0.4 is 4.72 Å². The van der Waals surface area contributed by atoms with Crippen molar-refractivity contribution in [2.45, 2.75) is 45.2 Å². The molecule has 1 heterocycles. The van der Waals surface area contributed by atoms with Gasteiger partial charge in [0, 0.05) is 10.9 Å². The molecule has 0 radical (unpaired) electrons. The second-order valence-corrected chi connectivity index (χ2v) is 10.1. The van der Waals surface area contributed by atoms with E-state index in [1.807, 2.05) is 0 Å². The lowest BCUT2D eigenvalue weighted by molar-refractivity contribution is 0.285. The van der Waals surface area contributed by atoms with Crippen molar-refractivity contribution < 1.29 is 13.5 Å². The lowest BCUT2D eigenvalue weighted by atomic mass is 10.0. The van der Waals surface area contributed by atoms with Crippen LogP contribution in [0, 0.1) is 10.8 Å². The molecule has 2 N–H and O–H groups in total. The highest BCUT2D eigenvalue weighted by molar-refractivity contribution is 9.11. The predicted octanol–water partition coefficient (Wildman–Crippen LogP) is 2.72. The monoisotopic (exact) mass is 367 g/mol. The molecule has 1 saturated carbocycles. The van der Waals surface area contributed by atoms with Gasteiger partial charge in [-0.3, -0.25) is 0 Å². The van der Waals surface area contributed by atoms with E-state index in [4.69, 9.17) is 5.11 Å². The highest BCUT2D eigenvalue weighted by Gasteiger charge is 2.66. The van der Waals surface area contributed by atoms with Gasteiger partial charge in [-0.1, -0.05) is 27.7 Å². The van der Waals surface area contributed by atoms with E-state index in [1.165, 1.54) is 17.4 Å². The van der Waals surface area contributed by atoms with Gasteiger partial charge in [0.2, 0.25) is 10.0 Å². The summed E-state index contributed by atoms with van der Waals surface area (Å²) in [7, 11) is -3.56. The number of aliphatic hydroxyl groups excluding tert-OH is 1. The molecule has 0 spiro atoms. The minimum Gasteiger partial charge on any atom is -0.391 e. The van der Waals surface area contributed by atoms with Gasteiger partial charge in [0.15, 0.2) is 0 Å². The summed E-state index contributed by atoms with van der Waals surface area (Å²) in [5, 5.41) is 9.08. The molecule has 0 aliphatic heterocycles. The third kappa shape index (κ3) is 2.40. The number of hydrogen-bond donors (Lipinski definition) is 2. The summed E-state index contributed by atoms with van der Waals surface area (Å²) < 4.78 is 28.1. The summed E-state index contributed by atoms with van der Waals surface area (Å²) in [5.74, 6) is 0. The van der Waals surface area contributed by atoms with Crippen molar-refractivity contribution in [3.05, 3.63) is 14.7 Å². The average molecular weight is 368 g/mol. The number of hydrogen-bond acceptors (Lipinski definition) is 4. The number of halogens is 1. The number of aliphatic hydroxyl groups is 1. The fourth-order valence-corrected chi connectivity index (χ4v) is 6.44. The van der Waals surface area contributed by atoms with Crippen LogP contribution in [0.2, 0.25) is 0 Å². The van der Waals surface area contributed by atoms with E-state index in [1.54, 1.807) is 0 Å². The van der Waals surface area contributed by atoms with E-state index >= 15 is 0 Å². The number of rotatable bonds is 4. The van der Waals surface area contributed by atoms with E-state index in [0.717, 1.165) is 0 Å². The van der Waals surface area contributed by atoms with Crippen LogP contribution in [0.25, 0.3) is 0 Å². The molecule has 4 nitrogen and oxygen atoms in total. The number of thiophene rings is 1. The fraction of sp³-hybridized carbons (Fsp3) is 0.667. The number of nitrogens with one attached hydrogen (secondary N) is 1. The number of sulfonamides is 1. The summed E-state index contributed by atoms with van der Waals surface area (Å²) in [6.07, 6.45) is 0. The maximum absolute atomic E-state index is 12.4. The van der Waals surface area contributed by atoms with E-state index in [9.17, 15) is 8.42 Å². The zero-order valence-corrected chi connectivity index (χ0v) is 14.5. The molecule has 7 heteroatoms. The molecule has 2 rings (SSSR count). The minimum absolute atomic E-state index is 0.0532. The quantitative estimate of drug-likeness (QED) is 0.859. The van der Waals surface area contributed by atoms with E-state index in [-0.39, 0.29) is 28.4 Å². The normalized spacial score (nSPS) is 21.6. The molecule has 1 aliphatic rings. The Morgan fingerprint density at radius 1 is 1.37 bits per heavy atom. The summed E-state index contributed by atoms with van der Waals surface area (Å²) in [6.45, 7) is 8.08. The molecular weight excluding hydrogens is 350 g/mol. The maximum Gasteiger partial charge on any atom is 0.242 e. The van der Waals surface area contributed by atoms with Gasteiger partial charge in [-0.15, -0.1) is 11.3 Å². The zero-order chi connectivity index (χ0) is 14.6. The lowest BCUT2D eigenvalue weighted by Gasteiger charge is -2.07. The Morgan fingerprint density at radius 3 is 2.26 bits per heavy atom. The van der Waals surface area contributed by atoms with E-state index in [0.29, 0.717) is 8.66 Å². The molecule has 1 aliphatic carbocycles. The first-order valence-corrected chi connectivity index (χ1v) is 9.04. The Morgan fingerprint density at radius 2 is 1.89 bits per heavy atom. The van der Waals surface area contributed by atoms with E-state index < -0.39 is 10.0 Å². The second kappa shape index (κ2) is 4.53. The predicted molar refractivity (Wildman–Crippen MR) is 79.6 cm³/mol. The van der Waals surface area contributed by atoms with Crippen molar-refractivity contribution in [3.8, 4) is 0 Å². The first kappa shape index (κ1) is 15.4. The molecule has 0 saturated heterocycles. The zero-order valence-electron chi connectivity index (χ0n) is 11.3. The molecule has 108 valence electrons. The highest BCUT2D eigenvalue weighted by atomic mass is 79.9. The molecule has 1 aromatic heterocycles. The van der Waals surface area contributed by atoms with Crippen molar-refractivity contribution in [2.24, 2.45) is 10.8 Å².